The van der Waals surface area contributed by atoms with Crippen LogP contribution in [0.15, 0.2) is 24.3 Å². The summed E-state index contributed by atoms with van der Waals surface area (Å²) in [6.07, 6.45) is 13.3. The summed E-state index contributed by atoms with van der Waals surface area (Å²) < 4.78 is 0. The fraction of sp³-hybridized carbons (Fsp3) is 0.600. The second-order valence-electron chi connectivity index (χ2n) is 3.46. The van der Waals surface area contributed by atoms with Crippen molar-refractivity contribution in [3.63, 3.8) is 0 Å². The highest BCUT2D eigenvalue weighted by Crippen LogP contribution is 2.57. The van der Waals surface area contributed by atoms with Gasteiger partial charge in [-0.3, -0.25) is 0 Å². The van der Waals surface area contributed by atoms with Gasteiger partial charge in [0, 0.05) is 0 Å². The average Bonchev–Trinajstić information content (AvgIpc) is 2.59. The Morgan fingerprint density at radius 1 is 1.50 bits per heavy atom. The van der Waals surface area contributed by atoms with E-state index in [0.29, 0.717) is 5.41 Å². The molecule has 1 saturated carbocycles. The lowest BCUT2D eigenvalue weighted by atomic mass is 10.0. The lowest BCUT2D eigenvalue weighted by molar-refractivity contribution is 0.590. The molecule has 0 aromatic heterocycles. The summed E-state index contributed by atoms with van der Waals surface area (Å²) in [6.45, 7) is 2.30. The van der Waals surface area contributed by atoms with E-state index in [1.807, 2.05) is 0 Å². The minimum absolute atomic E-state index is 0.604. The van der Waals surface area contributed by atoms with Gasteiger partial charge in [-0.15, -0.1) is 0 Å². The van der Waals surface area contributed by atoms with Gasteiger partial charge in [-0.1, -0.05) is 31.2 Å². The highest BCUT2D eigenvalue weighted by Gasteiger charge is 2.48. The minimum atomic E-state index is 0.604. The summed E-state index contributed by atoms with van der Waals surface area (Å²) in [7, 11) is 0. The van der Waals surface area contributed by atoms with Crippen LogP contribution in [-0.2, 0) is 0 Å². The van der Waals surface area contributed by atoms with Crippen molar-refractivity contribution in [3.05, 3.63) is 24.3 Å². The van der Waals surface area contributed by atoms with Crippen molar-refractivity contribution in [2.45, 2.75) is 26.2 Å². The summed E-state index contributed by atoms with van der Waals surface area (Å²) >= 11 is 0. The van der Waals surface area contributed by atoms with Crippen LogP contribution in [0.4, 0.5) is 0 Å². The molecule has 0 heteroatoms. The summed E-state index contributed by atoms with van der Waals surface area (Å²) in [5.74, 6) is 0.885. The zero-order valence-corrected chi connectivity index (χ0v) is 6.51. The molecule has 0 aromatic rings. The quantitative estimate of drug-likeness (QED) is 0.484. The first-order chi connectivity index (χ1) is 4.87. The van der Waals surface area contributed by atoms with Gasteiger partial charge in [0.2, 0.25) is 0 Å². The Hall–Kier alpha value is -0.520. The van der Waals surface area contributed by atoms with E-state index < -0.39 is 0 Å². The Balaban J connectivity index is 2.20. The van der Waals surface area contributed by atoms with Crippen molar-refractivity contribution in [1.29, 1.82) is 0 Å². The van der Waals surface area contributed by atoms with Crippen molar-refractivity contribution in [2.24, 2.45) is 11.3 Å². The molecular formula is C10H14. The maximum absolute atomic E-state index is 2.43. The average molecular weight is 134 g/mol. The van der Waals surface area contributed by atoms with Gasteiger partial charge in [0.25, 0.3) is 0 Å². The van der Waals surface area contributed by atoms with E-state index in [-0.39, 0.29) is 0 Å². The maximum atomic E-state index is 2.43. The summed E-state index contributed by atoms with van der Waals surface area (Å²) in [4.78, 5) is 0. The lowest BCUT2D eigenvalue weighted by Gasteiger charge is -2.04. The van der Waals surface area contributed by atoms with Crippen LogP contribution in [0.2, 0.25) is 0 Å². The molecule has 0 bridgehead atoms. The van der Waals surface area contributed by atoms with Crippen LogP contribution in [-0.4, -0.2) is 0 Å². The van der Waals surface area contributed by atoms with Gasteiger partial charge in [0.1, 0.15) is 0 Å². The van der Waals surface area contributed by atoms with Crippen molar-refractivity contribution in [2.75, 3.05) is 0 Å². The van der Waals surface area contributed by atoms with Crippen molar-refractivity contribution in [1.82, 2.24) is 0 Å². The third kappa shape index (κ3) is 0.749. The molecule has 2 aliphatic rings. The molecule has 10 heavy (non-hydrogen) atoms. The molecule has 2 aliphatic carbocycles. The van der Waals surface area contributed by atoms with E-state index in [0.717, 1.165) is 12.3 Å². The molecule has 0 saturated heterocycles. The van der Waals surface area contributed by atoms with E-state index in [2.05, 4.69) is 31.2 Å². The summed E-state index contributed by atoms with van der Waals surface area (Å²) in [5.41, 5.74) is 0.604. The topological polar surface area (TPSA) is 0 Å². The SMILES string of the molecule is CCC12C=CCC=CC1C2. The Kier molecular flexibility index (Phi) is 1.23. The molecule has 2 rings (SSSR count). The molecule has 54 valence electrons. The maximum Gasteiger partial charge on any atom is -0.00518 e. The van der Waals surface area contributed by atoms with E-state index >= 15 is 0 Å². The van der Waals surface area contributed by atoms with Crippen LogP contribution < -0.4 is 0 Å². The molecule has 0 N–H and O–H groups in total. The van der Waals surface area contributed by atoms with Crippen LogP contribution in [0.1, 0.15) is 26.2 Å². The van der Waals surface area contributed by atoms with Crippen LogP contribution in [0.3, 0.4) is 0 Å². The summed E-state index contributed by atoms with van der Waals surface area (Å²) in [5, 5.41) is 0. The van der Waals surface area contributed by atoms with Crippen molar-refractivity contribution >= 4 is 0 Å². The standard InChI is InChI=1S/C10H14/c1-2-10-7-5-3-4-6-9(10)8-10/h4-7,9H,2-3,8H2,1H3. The predicted molar refractivity (Wildman–Crippen MR) is 43.7 cm³/mol. The van der Waals surface area contributed by atoms with Gasteiger partial charge in [-0.05, 0) is 30.6 Å². The molecule has 2 unspecified atom stereocenters. The monoisotopic (exact) mass is 134 g/mol. The molecule has 0 heterocycles. The Labute approximate surface area is 62.6 Å². The molecule has 0 aromatic carbocycles. The highest BCUT2D eigenvalue weighted by atomic mass is 14.5. The smallest absolute Gasteiger partial charge is 0.00518 e. The van der Waals surface area contributed by atoms with Crippen LogP contribution in [0.25, 0.3) is 0 Å². The van der Waals surface area contributed by atoms with Gasteiger partial charge in [0.15, 0.2) is 0 Å². The third-order valence-electron chi connectivity index (χ3n) is 2.93. The Morgan fingerprint density at radius 3 is 3.20 bits per heavy atom. The number of allylic oxidation sites excluding steroid dienone is 4. The normalized spacial score (nSPS) is 42.7. The molecule has 0 amide bonds. The van der Waals surface area contributed by atoms with E-state index in [1.165, 1.54) is 12.8 Å². The van der Waals surface area contributed by atoms with Crippen LogP contribution in [0.5, 0.6) is 0 Å². The first-order valence-corrected chi connectivity index (χ1v) is 4.22. The molecule has 2 atom stereocenters. The van der Waals surface area contributed by atoms with Gasteiger partial charge in [-0.2, -0.15) is 0 Å². The van der Waals surface area contributed by atoms with Gasteiger partial charge in [-0.25, -0.2) is 0 Å². The number of fused-ring (bicyclic) bond motifs is 1. The molecule has 0 nitrogen and oxygen atoms in total. The first-order valence-electron chi connectivity index (χ1n) is 4.22. The zero-order chi connectivity index (χ0) is 7.03. The van der Waals surface area contributed by atoms with Gasteiger partial charge in [0.05, 0.1) is 0 Å². The second kappa shape index (κ2) is 1.98. The van der Waals surface area contributed by atoms with Gasteiger partial charge >= 0.3 is 0 Å². The molecular weight excluding hydrogens is 120 g/mol. The highest BCUT2D eigenvalue weighted by molar-refractivity contribution is 5.23. The van der Waals surface area contributed by atoms with E-state index in [9.17, 15) is 0 Å². The third-order valence-corrected chi connectivity index (χ3v) is 2.93. The predicted octanol–water partition coefficient (Wildman–Crippen LogP) is 2.92. The number of hydrogen-bond donors (Lipinski definition) is 0. The Bertz CT molecular complexity index is 188. The second-order valence-corrected chi connectivity index (χ2v) is 3.46. The van der Waals surface area contributed by atoms with Crippen LogP contribution >= 0.6 is 0 Å². The van der Waals surface area contributed by atoms with Crippen molar-refractivity contribution in [3.8, 4) is 0 Å². The number of hydrogen-bond acceptors (Lipinski definition) is 0. The minimum Gasteiger partial charge on any atom is -0.0844 e. The Morgan fingerprint density at radius 2 is 2.40 bits per heavy atom. The summed E-state index contributed by atoms with van der Waals surface area (Å²) in [6, 6.07) is 0. The van der Waals surface area contributed by atoms with E-state index in [4.69, 9.17) is 0 Å². The molecule has 0 spiro atoms. The van der Waals surface area contributed by atoms with Gasteiger partial charge < -0.3 is 0 Å². The largest absolute Gasteiger partial charge is 0.0844 e. The molecule has 0 radical (unpaired) electrons. The van der Waals surface area contributed by atoms with Crippen LogP contribution in [0, 0.1) is 11.3 Å². The van der Waals surface area contributed by atoms with Crippen molar-refractivity contribution < 1.29 is 0 Å². The molecule has 1 fully saturated rings. The first kappa shape index (κ1) is 6.21. The fourth-order valence-corrected chi connectivity index (χ4v) is 1.95. The lowest BCUT2D eigenvalue weighted by Crippen LogP contribution is -1.94. The van der Waals surface area contributed by atoms with E-state index in [1.54, 1.807) is 0 Å². The number of rotatable bonds is 1. The zero-order valence-electron chi connectivity index (χ0n) is 6.51. The molecule has 0 aliphatic heterocycles. The fourth-order valence-electron chi connectivity index (χ4n) is 1.95.